The Kier molecular flexibility index (Phi) is 5.60. The Labute approximate surface area is 106 Å². The number of rotatable bonds is 6. The summed E-state index contributed by atoms with van der Waals surface area (Å²) in [5.74, 6) is 1.02. The highest BCUT2D eigenvalue weighted by atomic mass is 16.5. The zero-order valence-corrected chi connectivity index (χ0v) is 11.8. The average Bonchev–Trinajstić information content (AvgIpc) is 2.30. The first-order valence-electron chi connectivity index (χ1n) is 6.81. The van der Waals surface area contributed by atoms with Crippen LogP contribution in [-0.4, -0.2) is 43.5 Å². The summed E-state index contributed by atoms with van der Waals surface area (Å²) >= 11 is 0. The van der Waals surface area contributed by atoms with E-state index in [0.29, 0.717) is 6.61 Å². The van der Waals surface area contributed by atoms with E-state index in [0.717, 1.165) is 38.0 Å². The lowest BCUT2D eigenvalue weighted by molar-refractivity contribution is -0.137. The Bertz CT molecular complexity index is 243. The van der Waals surface area contributed by atoms with Crippen LogP contribution in [0.5, 0.6) is 0 Å². The smallest absolute Gasteiger partial charge is 0.178 e. The number of ether oxygens (including phenoxy) is 1. The molecule has 0 aromatic rings. The Hall–Kier alpha value is -0.410. The molecular weight excluding hydrogens is 214 g/mol. The van der Waals surface area contributed by atoms with Gasteiger partial charge in [0, 0.05) is 6.61 Å². The Balaban J connectivity index is 2.61. The van der Waals surface area contributed by atoms with Gasteiger partial charge in [-0.1, -0.05) is 13.8 Å². The van der Waals surface area contributed by atoms with E-state index in [9.17, 15) is 4.79 Å². The minimum absolute atomic E-state index is 0.264. The molecule has 1 rings (SSSR count). The number of nitrogens with zero attached hydrogens (tertiary/aromatic N) is 1. The summed E-state index contributed by atoms with van der Waals surface area (Å²) < 4.78 is 5.42. The molecule has 1 saturated carbocycles. The van der Waals surface area contributed by atoms with Crippen LogP contribution in [0, 0.1) is 5.92 Å². The number of carbonyl (C=O) groups excluding carboxylic acids is 1. The summed E-state index contributed by atoms with van der Waals surface area (Å²) in [5, 5.41) is 0. The second-order valence-corrected chi connectivity index (χ2v) is 5.58. The van der Waals surface area contributed by atoms with E-state index < -0.39 is 0 Å². The van der Waals surface area contributed by atoms with Crippen molar-refractivity contribution in [3.63, 3.8) is 0 Å². The zero-order valence-electron chi connectivity index (χ0n) is 11.8. The van der Waals surface area contributed by atoms with Crippen LogP contribution in [0.25, 0.3) is 0 Å². The molecule has 0 heterocycles. The van der Waals surface area contributed by atoms with Crippen LogP contribution in [0.2, 0.25) is 0 Å². The first-order chi connectivity index (χ1) is 8.03. The van der Waals surface area contributed by atoms with E-state index >= 15 is 0 Å². The summed E-state index contributed by atoms with van der Waals surface area (Å²) in [6.07, 6.45) is 5.24. The average molecular weight is 241 g/mol. The molecule has 3 heteroatoms. The Morgan fingerprint density at radius 2 is 1.94 bits per heavy atom. The molecule has 0 amide bonds. The third-order valence-corrected chi connectivity index (χ3v) is 4.06. The number of ketones is 1. The van der Waals surface area contributed by atoms with Crippen LogP contribution in [-0.2, 0) is 9.53 Å². The molecule has 17 heavy (non-hydrogen) atoms. The van der Waals surface area contributed by atoms with Gasteiger partial charge in [-0.05, 0) is 52.1 Å². The van der Waals surface area contributed by atoms with Crippen molar-refractivity contribution in [1.29, 1.82) is 0 Å². The third-order valence-electron chi connectivity index (χ3n) is 4.06. The van der Waals surface area contributed by atoms with Crippen molar-refractivity contribution in [2.45, 2.75) is 51.5 Å². The van der Waals surface area contributed by atoms with Gasteiger partial charge in [-0.25, -0.2) is 0 Å². The lowest BCUT2D eigenvalue weighted by Gasteiger charge is -2.43. The van der Waals surface area contributed by atoms with Gasteiger partial charge in [0.15, 0.2) is 5.78 Å². The SMILES string of the molecule is CCCOCC(=O)C1(N(C)C)CCC(C)CC1. The molecule has 0 atom stereocenters. The highest BCUT2D eigenvalue weighted by Gasteiger charge is 2.42. The normalized spacial score (nSPS) is 29.6. The van der Waals surface area contributed by atoms with Gasteiger partial charge >= 0.3 is 0 Å². The third kappa shape index (κ3) is 3.52. The molecule has 1 aliphatic rings. The summed E-state index contributed by atoms with van der Waals surface area (Å²) in [6, 6.07) is 0. The lowest BCUT2D eigenvalue weighted by Crippen LogP contribution is -2.54. The van der Waals surface area contributed by atoms with Crippen LogP contribution in [0.1, 0.15) is 46.0 Å². The molecule has 0 unspecified atom stereocenters. The molecule has 0 aromatic carbocycles. The number of Topliss-reactive ketones (excluding diaryl/α,β-unsaturated/α-hetero) is 1. The number of hydrogen-bond acceptors (Lipinski definition) is 3. The van der Waals surface area contributed by atoms with Crippen molar-refractivity contribution < 1.29 is 9.53 Å². The molecule has 0 saturated heterocycles. The fourth-order valence-electron chi connectivity index (χ4n) is 2.66. The van der Waals surface area contributed by atoms with Crippen LogP contribution < -0.4 is 0 Å². The maximum atomic E-state index is 12.4. The Morgan fingerprint density at radius 1 is 1.35 bits per heavy atom. The molecular formula is C14H27NO2. The van der Waals surface area contributed by atoms with E-state index in [1.807, 2.05) is 14.1 Å². The second-order valence-electron chi connectivity index (χ2n) is 5.58. The fraction of sp³-hybridized carbons (Fsp3) is 0.929. The van der Waals surface area contributed by atoms with Crippen molar-refractivity contribution in [2.75, 3.05) is 27.3 Å². The van der Waals surface area contributed by atoms with Gasteiger partial charge in [0.05, 0.1) is 5.54 Å². The van der Waals surface area contributed by atoms with Gasteiger partial charge in [0.2, 0.25) is 0 Å². The predicted octanol–water partition coefficient (Wildman–Crippen LogP) is 2.49. The van der Waals surface area contributed by atoms with E-state index in [2.05, 4.69) is 18.7 Å². The van der Waals surface area contributed by atoms with Gasteiger partial charge in [-0.2, -0.15) is 0 Å². The van der Waals surface area contributed by atoms with Crippen molar-refractivity contribution >= 4 is 5.78 Å². The predicted molar refractivity (Wildman–Crippen MR) is 70.2 cm³/mol. The van der Waals surface area contributed by atoms with Gasteiger partial charge in [0.25, 0.3) is 0 Å². The highest BCUT2D eigenvalue weighted by molar-refractivity contribution is 5.89. The molecule has 0 spiro atoms. The van der Waals surface area contributed by atoms with Crippen LogP contribution in [0.3, 0.4) is 0 Å². The first-order valence-corrected chi connectivity index (χ1v) is 6.81. The summed E-state index contributed by atoms with van der Waals surface area (Å²) in [4.78, 5) is 14.5. The van der Waals surface area contributed by atoms with Crippen molar-refractivity contribution in [2.24, 2.45) is 5.92 Å². The lowest BCUT2D eigenvalue weighted by atomic mass is 9.74. The Morgan fingerprint density at radius 3 is 2.41 bits per heavy atom. The van der Waals surface area contributed by atoms with Crippen molar-refractivity contribution in [1.82, 2.24) is 4.90 Å². The van der Waals surface area contributed by atoms with Crippen LogP contribution >= 0.6 is 0 Å². The molecule has 100 valence electrons. The highest BCUT2D eigenvalue weighted by Crippen LogP contribution is 2.35. The summed E-state index contributed by atoms with van der Waals surface area (Å²) in [6.45, 7) is 5.30. The van der Waals surface area contributed by atoms with E-state index in [1.165, 1.54) is 0 Å². The molecule has 0 N–H and O–H groups in total. The van der Waals surface area contributed by atoms with Gasteiger partial charge < -0.3 is 4.74 Å². The molecule has 0 aromatic heterocycles. The van der Waals surface area contributed by atoms with E-state index in [-0.39, 0.29) is 17.9 Å². The molecule has 1 aliphatic carbocycles. The fourth-order valence-corrected chi connectivity index (χ4v) is 2.66. The van der Waals surface area contributed by atoms with Crippen LogP contribution in [0.15, 0.2) is 0 Å². The number of carbonyl (C=O) groups is 1. The second kappa shape index (κ2) is 6.50. The van der Waals surface area contributed by atoms with Gasteiger partial charge in [-0.3, -0.25) is 9.69 Å². The van der Waals surface area contributed by atoms with Crippen molar-refractivity contribution in [3.8, 4) is 0 Å². The van der Waals surface area contributed by atoms with E-state index in [1.54, 1.807) is 0 Å². The number of likely N-dealkylation sites (N-methyl/N-ethyl adjacent to an activating group) is 1. The minimum Gasteiger partial charge on any atom is -0.374 e. The molecule has 0 aliphatic heterocycles. The number of hydrogen-bond donors (Lipinski definition) is 0. The summed E-state index contributed by atoms with van der Waals surface area (Å²) in [7, 11) is 4.04. The molecule has 0 bridgehead atoms. The molecule has 1 fully saturated rings. The van der Waals surface area contributed by atoms with E-state index in [4.69, 9.17) is 4.74 Å². The van der Waals surface area contributed by atoms with Crippen molar-refractivity contribution in [3.05, 3.63) is 0 Å². The first kappa shape index (κ1) is 14.7. The molecule has 0 radical (unpaired) electrons. The maximum absolute atomic E-state index is 12.4. The van der Waals surface area contributed by atoms with Gasteiger partial charge in [0.1, 0.15) is 6.61 Å². The van der Waals surface area contributed by atoms with Crippen LogP contribution in [0.4, 0.5) is 0 Å². The standard InChI is InChI=1S/C14H27NO2/c1-5-10-17-11-13(16)14(15(3)4)8-6-12(2)7-9-14/h12H,5-11H2,1-4H3. The quantitative estimate of drug-likeness (QED) is 0.669. The topological polar surface area (TPSA) is 29.5 Å². The zero-order chi connectivity index (χ0) is 12.9. The van der Waals surface area contributed by atoms with Gasteiger partial charge in [-0.15, -0.1) is 0 Å². The largest absolute Gasteiger partial charge is 0.374 e. The molecule has 3 nitrogen and oxygen atoms in total. The minimum atomic E-state index is -0.264. The summed E-state index contributed by atoms with van der Waals surface area (Å²) in [5.41, 5.74) is -0.264. The maximum Gasteiger partial charge on any atom is 0.178 e. The monoisotopic (exact) mass is 241 g/mol.